The molecule has 1 aromatic rings. The first kappa shape index (κ1) is 15.5. The molecule has 1 aromatic heterocycles. The molecular weight excluding hydrogens is 368 g/mol. The summed E-state index contributed by atoms with van der Waals surface area (Å²) in [5.74, 6) is 0.973. The van der Waals surface area contributed by atoms with Crippen molar-refractivity contribution < 1.29 is 0 Å². The molecule has 1 saturated carbocycles. The maximum absolute atomic E-state index is 4.45. The van der Waals surface area contributed by atoms with E-state index in [1.54, 1.807) is 0 Å². The Morgan fingerprint density at radius 2 is 2.00 bits per heavy atom. The van der Waals surface area contributed by atoms with Gasteiger partial charge in [-0.05, 0) is 69.5 Å². The van der Waals surface area contributed by atoms with Gasteiger partial charge in [-0.3, -0.25) is 4.98 Å². The van der Waals surface area contributed by atoms with Crippen LogP contribution >= 0.6 is 31.9 Å². The van der Waals surface area contributed by atoms with E-state index in [2.05, 4.69) is 55.2 Å². The summed E-state index contributed by atoms with van der Waals surface area (Å²) >= 11 is 7.00. The second kappa shape index (κ2) is 7.75. The fourth-order valence-corrected chi connectivity index (χ4v) is 4.01. The highest BCUT2D eigenvalue weighted by Crippen LogP contribution is 2.28. The van der Waals surface area contributed by atoms with Crippen LogP contribution in [0.25, 0.3) is 0 Å². The molecule has 0 saturated heterocycles. The van der Waals surface area contributed by atoms with Gasteiger partial charge in [-0.2, -0.15) is 0 Å². The molecule has 0 unspecified atom stereocenters. The molecular formula is C15H22Br2N2. The summed E-state index contributed by atoms with van der Waals surface area (Å²) in [6.07, 6.45) is 10.0. The molecule has 1 heterocycles. The van der Waals surface area contributed by atoms with E-state index >= 15 is 0 Å². The van der Waals surface area contributed by atoms with Crippen LogP contribution < -0.4 is 5.32 Å². The smallest absolute Gasteiger partial charge is 0.0684 e. The molecule has 0 bridgehead atoms. The molecule has 1 aliphatic carbocycles. The van der Waals surface area contributed by atoms with Crippen LogP contribution in [-0.2, 0) is 6.54 Å². The van der Waals surface area contributed by atoms with E-state index in [-0.39, 0.29) is 0 Å². The molecule has 0 aromatic carbocycles. The lowest BCUT2D eigenvalue weighted by molar-refractivity contribution is 0.277. The third-order valence-electron chi connectivity index (χ3n) is 3.99. The van der Waals surface area contributed by atoms with Gasteiger partial charge in [0.05, 0.1) is 5.69 Å². The summed E-state index contributed by atoms with van der Waals surface area (Å²) in [5, 5.41) is 3.65. The predicted octanol–water partition coefficient (Wildman–Crippen LogP) is 5.06. The topological polar surface area (TPSA) is 24.9 Å². The summed E-state index contributed by atoms with van der Waals surface area (Å²) < 4.78 is 2.09. The van der Waals surface area contributed by atoms with Crippen molar-refractivity contribution in [2.24, 2.45) is 5.92 Å². The Morgan fingerprint density at radius 3 is 2.63 bits per heavy atom. The Morgan fingerprint density at radius 1 is 1.26 bits per heavy atom. The lowest BCUT2D eigenvalue weighted by atomic mass is 9.83. The minimum Gasteiger partial charge on any atom is -0.308 e. The van der Waals surface area contributed by atoms with Gasteiger partial charge >= 0.3 is 0 Å². The van der Waals surface area contributed by atoms with E-state index in [1.807, 2.05) is 6.20 Å². The molecule has 1 aliphatic rings. The van der Waals surface area contributed by atoms with Gasteiger partial charge in [-0.25, -0.2) is 0 Å². The number of nitrogens with zero attached hydrogens (tertiary/aromatic N) is 1. The van der Waals surface area contributed by atoms with Crippen molar-refractivity contribution >= 4 is 31.9 Å². The van der Waals surface area contributed by atoms with E-state index in [4.69, 9.17) is 0 Å². The molecule has 0 aliphatic heterocycles. The largest absolute Gasteiger partial charge is 0.308 e. The number of pyridine rings is 1. The number of hydrogen-bond donors (Lipinski definition) is 1. The lowest BCUT2D eigenvalue weighted by Gasteiger charge is -2.29. The Hall–Kier alpha value is 0.0700. The van der Waals surface area contributed by atoms with Crippen LogP contribution in [0.4, 0.5) is 0 Å². The standard InChI is InChI=1S/C15H22Br2N2/c1-2-3-11-4-6-13(7-5-11)18-10-15-14(17)8-12(16)9-19-15/h8-9,11,13,18H,2-7,10H2,1H3. The maximum Gasteiger partial charge on any atom is 0.0684 e. The fourth-order valence-electron chi connectivity index (χ4n) is 2.88. The van der Waals surface area contributed by atoms with Crippen LogP contribution in [0.3, 0.4) is 0 Å². The number of aromatic nitrogens is 1. The summed E-state index contributed by atoms with van der Waals surface area (Å²) in [4.78, 5) is 4.45. The normalized spacial score (nSPS) is 23.5. The quantitative estimate of drug-likeness (QED) is 0.761. The molecule has 1 fully saturated rings. The second-order valence-corrected chi connectivity index (χ2v) is 7.24. The third-order valence-corrected chi connectivity index (χ3v) is 5.11. The molecule has 4 heteroatoms. The van der Waals surface area contributed by atoms with Gasteiger partial charge < -0.3 is 5.32 Å². The molecule has 1 N–H and O–H groups in total. The molecule has 0 radical (unpaired) electrons. The first-order chi connectivity index (χ1) is 9.19. The van der Waals surface area contributed by atoms with Crippen molar-refractivity contribution in [3.63, 3.8) is 0 Å². The van der Waals surface area contributed by atoms with Gasteiger partial charge in [-0.15, -0.1) is 0 Å². The fraction of sp³-hybridized carbons (Fsp3) is 0.667. The Bertz CT molecular complexity index is 401. The Kier molecular flexibility index (Phi) is 6.30. The highest BCUT2D eigenvalue weighted by molar-refractivity contribution is 9.11. The third kappa shape index (κ3) is 4.83. The molecule has 0 atom stereocenters. The zero-order chi connectivity index (χ0) is 13.7. The molecule has 2 rings (SSSR count). The minimum absolute atomic E-state index is 0.672. The zero-order valence-electron chi connectivity index (χ0n) is 11.5. The average molecular weight is 390 g/mol. The highest BCUT2D eigenvalue weighted by Gasteiger charge is 2.20. The number of halogens is 2. The number of nitrogens with one attached hydrogen (secondary N) is 1. The van der Waals surface area contributed by atoms with E-state index in [1.165, 1.54) is 38.5 Å². The molecule has 106 valence electrons. The monoisotopic (exact) mass is 388 g/mol. The highest BCUT2D eigenvalue weighted by atomic mass is 79.9. The Balaban J connectivity index is 1.77. The van der Waals surface area contributed by atoms with Gasteiger partial charge in [0.1, 0.15) is 0 Å². The predicted molar refractivity (Wildman–Crippen MR) is 87.1 cm³/mol. The molecule has 0 amide bonds. The first-order valence-corrected chi connectivity index (χ1v) is 8.81. The van der Waals surface area contributed by atoms with Gasteiger partial charge in [0, 0.05) is 27.7 Å². The van der Waals surface area contributed by atoms with Gasteiger partial charge in [-0.1, -0.05) is 19.8 Å². The summed E-state index contributed by atoms with van der Waals surface area (Å²) in [5.41, 5.74) is 1.10. The van der Waals surface area contributed by atoms with Crippen LogP contribution in [0, 0.1) is 5.92 Å². The summed E-state index contributed by atoms with van der Waals surface area (Å²) in [6.45, 7) is 3.15. The first-order valence-electron chi connectivity index (χ1n) is 7.22. The van der Waals surface area contributed by atoms with Crippen molar-refractivity contribution in [1.82, 2.24) is 10.3 Å². The van der Waals surface area contributed by atoms with Crippen LogP contribution in [0.15, 0.2) is 21.2 Å². The van der Waals surface area contributed by atoms with Crippen LogP contribution in [0.2, 0.25) is 0 Å². The average Bonchev–Trinajstić information content (AvgIpc) is 2.40. The van der Waals surface area contributed by atoms with E-state index in [0.29, 0.717) is 6.04 Å². The van der Waals surface area contributed by atoms with Crippen molar-refractivity contribution in [3.8, 4) is 0 Å². The summed E-state index contributed by atoms with van der Waals surface area (Å²) in [6, 6.07) is 2.73. The lowest BCUT2D eigenvalue weighted by Crippen LogP contribution is -2.33. The number of hydrogen-bond acceptors (Lipinski definition) is 2. The van der Waals surface area contributed by atoms with Gasteiger partial charge in [0.15, 0.2) is 0 Å². The van der Waals surface area contributed by atoms with Crippen molar-refractivity contribution in [1.29, 1.82) is 0 Å². The molecule has 2 nitrogen and oxygen atoms in total. The van der Waals surface area contributed by atoms with Crippen LogP contribution in [-0.4, -0.2) is 11.0 Å². The van der Waals surface area contributed by atoms with Crippen molar-refractivity contribution in [2.45, 2.75) is 58.0 Å². The minimum atomic E-state index is 0.672. The van der Waals surface area contributed by atoms with Crippen molar-refractivity contribution in [3.05, 3.63) is 26.9 Å². The molecule has 0 spiro atoms. The zero-order valence-corrected chi connectivity index (χ0v) is 14.6. The van der Waals surface area contributed by atoms with E-state index < -0.39 is 0 Å². The van der Waals surface area contributed by atoms with E-state index in [0.717, 1.165) is 27.1 Å². The second-order valence-electron chi connectivity index (χ2n) is 5.47. The van der Waals surface area contributed by atoms with Crippen LogP contribution in [0.1, 0.15) is 51.1 Å². The Labute approximate surface area is 133 Å². The van der Waals surface area contributed by atoms with Crippen LogP contribution in [0.5, 0.6) is 0 Å². The summed E-state index contributed by atoms with van der Waals surface area (Å²) in [7, 11) is 0. The number of rotatable bonds is 5. The van der Waals surface area contributed by atoms with E-state index in [9.17, 15) is 0 Å². The molecule has 19 heavy (non-hydrogen) atoms. The maximum atomic E-state index is 4.45. The van der Waals surface area contributed by atoms with Gasteiger partial charge in [0.2, 0.25) is 0 Å². The SMILES string of the molecule is CCCC1CCC(NCc2ncc(Br)cc2Br)CC1. The van der Waals surface area contributed by atoms with Crippen molar-refractivity contribution in [2.75, 3.05) is 0 Å². The van der Waals surface area contributed by atoms with Gasteiger partial charge in [0.25, 0.3) is 0 Å².